The molecule has 1 saturated heterocycles. The molecule has 126 valence electrons. The molecule has 0 bridgehead atoms. The Morgan fingerprint density at radius 3 is 2.26 bits per heavy atom. The average molecular weight is 332 g/mol. The van der Waals surface area contributed by atoms with Gasteiger partial charge < -0.3 is 9.64 Å². The Balaban J connectivity index is 1.56. The molecular formula is C19H29NO2Si. The number of hydrogen-bond acceptors (Lipinski definition) is 2. The lowest BCUT2D eigenvalue weighted by Crippen LogP contribution is -2.40. The predicted octanol–water partition coefficient (Wildman–Crippen LogP) is 4.34. The van der Waals surface area contributed by atoms with Crippen LogP contribution in [-0.2, 0) is 10.8 Å². The summed E-state index contributed by atoms with van der Waals surface area (Å²) in [5.74, 6) is 1.43. The van der Waals surface area contributed by atoms with Crippen molar-refractivity contribution in [3.05, 3.63) is 35.9 Å². The molecule has 0 radical (unpaired) electrons. The normalized spacial score (nSPS) is 26.8. The second-order valence-corrected chi connectivity index (χ2v) is 13.9. The maximum atomic E-state index is 12.2. The summed E-state index contributed by atoms with van der Waals surface area (Å²) in [7, 11) is -1.30. The predicted molar refractivity (Wildman–Crippen MR) is 96.2 cm³/mol. The van der Waals surface area contributed by atoms with Gasteiger partial charge in [-0.25, -0.2) is 4.79 Å². The zero-order valence-electron chi connectivity index (χ0n) is 15.0. The first-order valence-corrected chi connectivity index (χ1v) is 12.0. The van der Waals surface area contributed by atoms with Crippen LogP contribution in [0.4, 0.5) is 4.79 Å². The van der Waals surface area contributed by atoms with Crippen LogP contribution in [0.15, 0.2) is 30.3 Å². The van der Waals surface area contributed by atoms with E-state index in [-0.39, 0.29) is 6.09 Å². The first kappa shape index (κ1) is 16.6. The fourth-order valence-electron chi connectivity index (χ4n) is 4.40. The summed E-state index contributed by atoms with van der Waals surface area (Å²) >= 11 is 0. The molecule has 3 rings (SSSR count). The number of nitrogens with zero attached hydrogens (tertiary/aromatic N) is 1. The van der Waals surface area contributed by atoms with Gasteiger partial charge in [-0.1, -0.05) is 49.0 Å². The highest BCUT2D eigenvalue weighted by Crippen LogP contribution is 2.62. The van der Waals surface area contributed by atoms with Crippen molar-refractivity contribution in [2.75, 3.05) is 13.1 Å². The van der Waals surface area contributed by atoms with Gasteiger partial charge >= 0.3 is 6.09 Å². The van der Waals surface area contributed by atoms with Gasteiger partial charge in [0.1, 0.15) is 5.60 Å². The van der Waals surface area contributed by atoms with Crippen LogP contribution in [0.2, 0.25) is 18.6 Å². The van der Waals surface area contributed by atoms with Crippen molar-refractivity contribution < 1.29 is 9.53 Å². The maximum Gasteiger partial charge on any atom is 0.410 e. The van der Waals surface area contributed by atoms with Crippen LogP contribution in [0.25, 0.3) is 0 Å². The lowest BCUT2D eigenvalue weighted by Gasteiger charge is -2.29. The number of carbonyl (C=O) groups is 1. The second kappa shape index (κ2) is 5.66. The van der Waals surface area contributed by atoms with Gasteiger partial charge in [-0.3, -0.25) is 0 Å². The Labute approximate surface area is 141 Å². The van der Waals surface area contributed by atoms with Crippen molar-refractivity contribution in [3.8, 4) is 0 Å². The lowest BCUT2D eigenvalue weighted by molar-refractivity contribution is 0.0273. The van der Waals surface area contributed by atoms with Crippen LogP contribution in [0.5, 0.6) is 0 Å². The van der Waals surface area contributed by atoms with E-state index in [1.54, 1.807) is 0 Å². The molecule has 2 fully saturated rings. The first-order chi connectivity index (χ1) is 10.7. The minimum Gasteiger partial charge on any atom is -0.444 e. The summed E-state index contributed by atoms with van der Waals surface area (Å²) < 4.78 is 5.51. The third kappa shape index (κ3) is 3.63. The van der Waals surface area contributed by atoms with Crippen LogP contribution in [0.3, 0.4) is 0 Å². The highest BCUT2D eigenvalue weighted by atomic mass is 28.3. The molecule has 2 aliphatic rings. The summed E-state index contributed by atoms with van der Waals surface area (Å²) in [5.41, 5.74) is 1.93. The Morgan fingerprint density at radius 2 is 1.74 bits per heavy atom. The third-order valence-corrected chi connectivity index (χ3v) is 9.23. The molecule has 0 spiro atoms. The zero-order valence-corrected chi connectivity index (χ0v) is 16.0. The molecule has 3 atom stereocenters. The fraction of sp³-hybridized carbons (Fsp3) is 0.632. The van der Waals surface area contributed by atoms with Gasteiger partial charge in [0.25, 0.3) is 0 Å². The maximum absolute atomic E-state index is 12.2. The highest BCUT2D eigenvalue weighted by Gasteiger charge is 2.62. The minimum absolute atomic E-state index is 0.133. The van der Waals surface area contributed by atoms with Gasteiger partial charge in [-0.05, 0) is 44.2 Å². The molecule has 1 unspecified atom stereocenters. The Hall–Kier alpha value is -1.29. The molecule has 1 aliphatic carbocycles. The number of hydrogen-bond donors (Lipinski definition) is 0. The molecule has 1 aromatic rings. The Bertz CT molecular complexity index is 567. The number of carbonyl (C=O) groups excluding carboxylic acids is 1. The lowest BCUT2D eigenvalue weighted by atomic mass is 10.2. The van der Waals surface area contributed by atoms with Gasteiger partial charge in [0.15, 0.2) is 0 Å². The van der Waals surface area contributed by atoms with Crippen LogP contribution in [0.1, 0.15) is 26.3 Å². The van der Waals surface area contributed by atoms with E-state index in [0.717, 1.165) is 18.6 Å². The highest BCUT2D eigenvalue weighted by molar-refractivity contribution is 6.79. The Morgan fingerprint density at radius 1 is 1.17 bits per heavy atom. The fourth-order valence-corrected chi connectivity index (χ4v) is 8.84. The van der Waals surface area contributed by atoms with Crippen molar-refractivity contribution in [2.24, 2.45) is 11.8 Å². The van der Waals surface area contributed by atoms with E-state index < -0.39 is 13.7 Å². The molecule has 1 saturated carbocycles. The molecule has 0 N–H and O–H groups in total. The SMILES string of the molecule is CC(C)(C)OC(=O)N1C[C@@H]2C([Si](C)(C)Cc3ccccc3)[C@@H]2C1. The van der Waals surface area contributed by atoms with Crippen molar-refractivity contribution in [3.63, 3.8) is 0 Å². The monoisotopic (exact) mass is 331 g/mol. The molecule has 1 aliphatic heterocycles. The number of amides is 1. The van der Waals surface area contributed by atoms with Gasteiger partial charge in [-0.15, -0.1) is 0 Å². The summed E-state index contributed by atoms with van der Waals surface area (Å²) in [6, 6.07) is 12.1. The first-order valence-electron chi connectivity index (χ1n) is 8.69. The van der Waals surface area contributed by atoms with Crippen molar-refractivity contribution in [1.82, 2.24) is 4.90 Å². The van der Waals surface area contributed by atoms with Gasteiger partial charge in [0.05, 0.1) is 8.07 Å². The van der Waals surface area contributed by atoms with Crippen LogP contribution < -0.4 is 0 Å². The molecule has 3 nitrogen and oxygen atoms in total. The standard InChI is InChI=1S/C19H29NO2Si/c1-19(2,3)22-18(21)20-11-15-16(12-20)17(15)23(4,5)13-14-9-7-6-8-10-14/h6-10,15-17H,11-13H2,1-5H3/t15-,16+,17?. The van der Waals surface area contributed by atoms with E-state index in [9.17, 15) is 4.79 Å². The van der Waals surface area contributed by atoms with Gasteiger partial charge in [0, 0.05) is 13.1 Å². The number of piperidine rings is 1. The van der Waals surface area contributed by atoms with E-state index in [0.29, 0.717) is 11.8 Å². The zero-order chi connectivity index (χ0) is 16.8. The number of fused-ring (bicyclic) bond motifs is 1. The number of benzene rings is 1. The van der Waals surface area contributed by atoms with Crippen molar-refractivity contribution >= 4 is 14.2 Å². The van der Waals surface area contributed by atoms with E-state index in [1.165, 1.54) is 11.6 Å². The number of ether oxygens (including phenoxy) is 1. The van der Waals surface area contributed by atoms with Gasteiger partial charge in [-0.2, -0.15) is 0 Å². The van der Waals surface area contributed by atoms with Crippen molar-refractivity contribution in [2.45, 2.75) is 51.1 Å². The molecule has 1 heterocycles. The van der Waals surface area contributed by atoms with E-state index >= 15 is 0 Å². The smallest absolute Gasteiger partial charge is 0.410 e. The van der Waals surface area contributed by atoms with E-state index in [2.05, 4.69) is 43.4 Å². The topological polar surface area (TPSA) is 29.5 Å². The number of likely N-dealkylation sites (tertiary alicyclic amines) is 1. The molecule has 0 aromatic heterocycles. The summed E-state index contributed by atoms with van der Waals surface area (Å²) in [6.45, 7) is 12.6. The minimum atomic E-state index is -1.30. The van der Waals surface area contributed by atoms with Crippen LogP contribution in [-0.4, -0.2) is 37.8 Å². The molecular weight excluding hydrogens is 302 g/mol. The molecule has 4 heteroatoms. The molecule has 1 aromatic carbocycles. The average Bonchev–Trinajstić information content (AvgIpc) is 2.95. The largest absolute Gasteiger partial charge is 0.444 e. The second-order valence-electron chi connectivity index (χ2n) is 8.89. The molecule has 23 heavy (non-hydrogen) atoms. The van der Waals surface area contributed by atoms with E-state index in [1.807, 2.05) is 25.7 Å². The summed E-state index contributed by atoms with van der Waals surface area (Å²) in [6.07, 6.45) is -0.133. The number of rotatable bonds is 3. The van der Waals surface area contributed by atoms with Gasteiger partial charge in [0.2, 0.25) is 0 Å². The van der Waals surface area contributed by atoms with Crippen molar-refractivity contribution in [1.29, 1.82) is 0 Å². The third-order valence-electron chi connectivity index (χ3n) is 5.25. The summed E-state index contributed by atoms with van der Waals surface area (Å²) in [5, 5.41) is 0. The van der Waals surface area contributed by atoms with Crippen LogP contribution >= 0.6 is 0 Å². The van der Waals surface area contributed by atoms with Crippen LogP contribution in [0, 0.1) is 11.8 Å². The Kier molecular flexibility index (Phi) is 4.07. The molecule has 1 amide bonds. The quantitative estimate of drug-likeness (QED) is 0.771. The summed E-state index contributed by atoms with van der Waals surface area (Å²) in [4.78, 5) is 14.1. The van der Waals surface area contributed by atoms with E-state index in [4.69, 9.17) is 4.74 Å².